The Morgan fingerprint density at radius 1 is 1.70 bits per heavy atom. The average molecular weight is 154 g/mol. The van der Waals surface area contributed by atoms with Crippen molar-refractivity contribution in [2.45, 2.75) is 12.5 Å². The normalized spacial score (nSPS) is 13.2. The molecule has 1 unspecified atom stereocenters. The summed E-state index contributed by atoms with van der Waals surface area (Å²) in [4.78, 5) is 9.71. The second-order valence-electron chi connectivity index (χ2n) is 1.68. The van der Waals surface area contributed by atoms with Crippen molar-refractivity contribution in [1.82, 2.24) is 5.32 Å². The summed E-state index contributed by atoms with van der Waals surface area (Å²) in [7, 11) is 0. The number of halogens is 2. The summed E-state index contributed by atoms with van der Waals surface area (Å²) in [5.41, 5.74) is 4.79. The molecule has 0 fully saturated rings. The number of nitrogens with two attached hydrogens (primary N) is 1. The molecule has 4 nitrogen and oxygen atoms in total. The molecule has 60 valence electrons. The Balaban J connectivity index is 3.39. The molecule has 0 aromatic carbocycles. The van der Waals surface area contributed by atoms with Gasteiger partial charge in [-0.3, -0.25) is 0 Å². The van der Waals surface area contributed by atoms with E-state index in [9.17, 15) is 13.6 Å². The first-order valence-corrected chi connectivity index (χ1v) is 2.54. The van der Waals surface area contributed by atoms with Gasteiger partial charge in [0.2, 0.25) is 0 Å². The molecule has 0 rings (SSSR count). The Hall–Kier alpha value is -0.910. The average Bonchev–Trinajstić information content (AvgIpc) is 1.82. The predicted octanol–water partition coefficient (Wildman–Crippen LogP) is -0.154. The summed E-state index contributed by atoms with van der Waals surface area (Å²) in [5.74, 6) is 0. The van der Waals surface area contributed by atoms with E-state index < -0.39 is 25.1 Å². The van der Waals surface area contributed by atoms with Crippen LogP contribution in [-0.4, -0.2) is 30.2 Å². The van der Waals surface area contributed by atoms with Crippen LogP contribution in [0.25, 0.3) is 0 Å². The minimum absolute atomic E-state index is 0.424. The van der Waals surface area contributed by atoms with Gasteiger partial charge in [-0.05, 0) is 0 Å². The van der Waals surface area contributed by atoms with Crippen LogP contribution in [0, 0.1) is 0 Å². The standard InChI is InChI=1S/C4H8F2N2O2/c5-3(6)2(7)1-8-4(9)10/h2-3,8H,1,7H2,(H,9,10). The number of hydrogen-bond donors (Lipinski definition) is 3. The van der Waals surface area contributed by atoms with Gasteiger partial charge in [-0.2, -0.15) is 0 Å². The van der Waals surface area contributed by atoms with Crippen LogP contribution in [0.1, 0.15) is 0 Å². The van der Waals surface area contributed by atoms with E-state index in [1.165, 1.54) is 0 Å². The first-order valence-electron chi connectivity index (χ1n) is 2.54. The molecular weight excluding hydrogens is 146 g/mol. The molecule has 1 amide bonds. The fourth-order valence-electron chi connectivity index (χ4n) is 0.294. The number of carboxylic acid groups (broad SMARTS) is 1. The quantitative estimate of drug-likeness (QED) is 0.529. The van der Waals surface area contributed by atoms with E-state index in [0.29, 0.717) is 0 Å². The van der Waals surface area contributed by atoms with Crippen LogP contribution in [0.3, 0.4) is 0 Å². The van der Waals surface area contributed by atoms with Crippen molar-refractivity contribution in [3.63, 3.8) is 0 Å². The van der Waals surface area contributed by atoms with Gasteiger partial charge in [0, 0.05) is 6.54 Å². The second kappa shape index (κ2) is 3.99. The van der Waals surface area contributed by atoms with E-state index in [-0.39, 0.29) is 0 Å². The SMILES string of the molecule is NC(CNC(=O)O)C(F)F. The van der Waals surface area contributed by atoms with Crippen LogP contribution in [0.5, 0.6) is 0 Å². The van der Waals surface area contributed by atoms with Gasteiger partial charge in [0.1, 0.15) is 0 Å². The molecule has 0 aromatic heterocycles. The third-order valence-electron chi connectivity index (χ3n) is 0.813. The largest absolute Gasteiger partial charge is 0.465 e. The Labute approximate surface area is 56.0 Å². The Kier molecular flexibility index (Phi) is 3.63. The monoisotopic (exact) mass is 154 g/mol. The third-order valence-corrected chi connectivity index (χ3v) is 0.813. The summed E-state index contributed by atoms with van der Waals surface area (Å²) in [6, 6.07) is -1.42. The molecule has 0 saturated heterocycles. The van der Waals surface area contributed by atoms with Crippen LogP contribution >= 0.6 is 0 Å². The molecule has 4 N–H and O–H groups in total. The summed E-state index contributed by atoms with van der Waals surface area (Å²) in [6.45, 7) is -0.424. The highest BCUT2D eigenvalue weighted by atomic mass is 19.3. The van der Waals surface area contributed by atoms with Gasteiger partial charge in [-0.15, -0.1) is 0 Å². The minimum Gasteiger partial charge on any atom is -0.465 e. The first-order chi connectivity index (χ1) is 4.54. The highest BCUT2D eigenvalue weighted by Gasteiger charge is 2.14. The summed E-state index contributed by atoms with van der Waals surface area (Å²) >= 11 is 0. The fourth-order valence-corrected chi connectivity index (χ4v) is 0.294. The van der Waals surface area contributed by atoms with Gasteiger partial charge in [0.25, 0.3) is 6.43 Å². The highest BCUT2D eigenvalue weighted by Crippen LogP contribution is 1.95. The van der Waals surface area contributed by atoms with E-state index in [4.69, 9.17) is 10.8 Å². The topological polar surface area (TPSA) is 75.3 Å². The van der Waals surface area contributed by atoms with Crippen molar-refractivity contribution in [1.29, 1.82) is 0 Å². The van der Waals surface area contributed by atoms with E-state index in [1.807, 2.05) is 0 Å². The number of hydrogen-bond acceptors (Lipinski definition) is 2. The van der Waals surface area contributed by atoms with Crippen molar-refractivity contribution < 1.29 is 18.7 Å². The molecule has 1 atom stereocenters. The number of carbonyl (C=O) groups is 1. The molecule has 0 aliphatic carbocycles. The Bertz CT molecular complexity index is 120. The van der Waals surface area contributed by atoms with Gasteiger partial charge in [0.05, 0.1) is 6.04 Å². The van der Waals surface area contributed by atoms with Gasteiger partial charge in [0.15, 0.2) is 0 Å². The van der Waals surface area contributed by atoms with Gasteiger partial charge >= 0.3 is 6.09 Å². The second-order valence-corrected chi connectivity index (χ2v) is 1.68. The maximum absolute atomic E-state index is 11.5. The van der Waals surface area contributed by atoms with Crippen LogP contribution < -0.4 is 11.1 Å². The van der Waals surface area contributed by atoms with E-state index in [2.05, 4.69) is 0 Å². The predicted molar refractivity (Wildman–Crippen MR) is 30.0 cm³/mol. The van der Waals surface area contributed by atoms with Gasteiger partial charge in [-0.1, -0.05) is 0 Å². The maximum Gasteiger partial charge on any atom is 0.404 e. The zero-order valence-electron chi connectivity index (χ0n) is 5.05. The molecule has 0 aliphatic heterocycles. The molecule has 0 aromatic rings. The van der Waals surface area contributed by atoms with Crippen LogP contribution in [0.4, 0.5) is 13.6 Å². The molecule has 0 saturated carbocycles. The highest BCUT2D eigenvalue weighted by molar-refractivity contribution is 5.64. The Morgan fingerprint density at radius 2 is 2.20 bits per heavy atom. The van der Waals surface area contributed by atoms with Crippen molar-refractivity contribution in [2.75, 3.05) is 6.54 Å². The molecule has 0 spiro atoms. The van der Waals surface area contributed by atoms with E-state index in [0.717, 1.165) is 0 Å². The van der Waals surface area contributed by atoms with Crippen LogP contribution in [0.15, 0.2) is 0 Å². The molecule has 6 heteroatoms. The molecule has 0 heterocycles. The van der Waals surface area contributed by atoms with Crippen molar-refractivity contribution in [3.8, 4) is 0 Å². The van der Waals surface area contributed by atoms with Crippen molar-refractivity contribution >= 4 is 6.09 Å². The lowest BCUT2D eigenvalue weighted by atomic mass is 10.3. The number of amides is 1. The maximum atomic E-state index is 11.5. The van der Waals surface area contributed by atoms with Crippen molar-refractivity contribution in [2.24, 2.45) is 5.73 Å². The van der Waals surface area contributed by atoms with Gasteiger partial charge < -0.3 is 16.2 Å². The molecule has 0 bridgehead atoms. The summed E-state index contributed by atoms with van der Waals surface area (Å²) < 4.78 is 23.0. The number of nitrogens with one attached hydrogen (secondary N) is 1. The van der Waals surface area contributed by atoms with E-state index >= 15 is 0 Å². The number of alkyl halides is 2. The third kappa shape index (κ3) is 4.02. The first kappa shape index (κ1) is 9.09. The molecule has 10 heavy (non-hydrogen) atoms. The lowest BCUT2D eigenvalue weighted by molar-refractivity contribution is 0.114. The molecule has 0 aliphatic rings. The summed E-state index contributed by atoms with van der Waals surface area (Å²) in [5, 5.41) is 9.67. The van der Waals surface area contributed by atoms with Crippen LogP contribution in [0.2, 0.25) is 0 Å². The zero-order chi connectivity index (χ0) is 8.15. The summed E-state index contributed by atoms with van der Waals surface area (Å²) in [6.07, 6.45) is -4.04. The lowest BCUT2D eigenvalue weighted by Crippen LogP contribution is -2.41. The smallest absolute Gasteiger partial charge is 0.404 e. The molecular formula is C4H8F2N2O2. The zero-order valence-corrected chi connectivity index (χ0v) is 5.05. The minimum atomic E-state index is -2.69. The Morgan fingerprint density at radius 3 is 2.50 bits per heavy atom. The van der Waals surface area contributed by atoms with Gasteiger partial charge in [-0.25, -0.2) is 13.6 Å². The van der Waals surface area contributed by atoms with Crippen molar-refractivity contribution in [3.05, 3.63) is 0 Å². The fraction of sp³-hybridized carbons (Fsp3) is 0.750. The van der Waals surface area contributed by atoms with Crippen LogP contribution in [-0.2, 0) is 0 Å². The lowest BCUT2D eigenvalue weighted by Gasteiger charge is -2.08. The van der Waals surface area contributed by atoms with E-state index in [1.54, 1.807) is 5.32 Å². The molecule has 0 radical (unpaired) electrons. The number of rotatable bonds is 3.